The molecule has 0 aliphatic heterocycles. The molecule has 1 heterocycles. The van der Waals surface area contributed by atoms with Crippen molar-refractivity contribution in [2.24, 2.45) is 0 Å². The number of hydrogen-bond acceptors (Lipinski definition) is 7. The molecule has 11 heteroatoms. The van der Waals surface area contributed by atoms with E-state index < -0.39 is 36.7 Å². The van der Waals surface area contributed by atoms with E-state index in [1.165, 1.54) is 12.1 Å². The predicted octanol–water partition coefficient (Wildman–Crippen LogP) is 0.274. The average molecular weight is 363 g/mol. The van der Waals surface area contributed by atoms with Crippen LogP contribution in [-0.4, -0.2) is 39.8 Å². The fourth-order valence-electron chi connectivity index (χ4n) is 1.67. The van der Waals surface area contributed by atoms with Crippen LogP contribution in [0.4, 0.5) is 4.39 Å². The van der Waals surface area contributed by atoms with Gasteiger partial charge in [-0.3, -0.25) is 0 Å². The molecule has 0 atom stereocenters. The van der Waals surface area contributed by atoms with Crippen LogP contribution in [0.5, 0.6) is 0 Å². The maximum atomic E-state index is 12.8. The van der Waals surface area contributed by atoms with Crippen molar-refractivity contribution in [3.8, 4) is 0 Å². The highest BCUT2D eigenvalue weighted by Gasteiger charge is 2.23. The molecule has 0 bridgehead atoms. The van der Waals surface area contributed by atoms with E-state index in [1.807, 2.05) is 0 Å². The first-order chi connectivity index (χ1) is 10.7. The predicted molar refractivity (Wildman–Crippen MR) is 78.1 cm³/mol. The summed E-state index contributed by atoms with van der Waals surface area (Å²) in [7, 11) is -7.21. The normalized spacial score (nSPS) is 12.4. The number of aromatic nitrogens is 2. The molecule has 126 valence electrons. The maximum Gasteiger partial charge on any atom is 0.335 e. The second kappa shape index (κ2) is 6.72. The Bertz CT molecular complexity index is 876. The van der Waals surface area contributed by atoms with Crippen LogP contribution in [0.2, 0.25) is 0 Å². The zero-order chi connectivity index (χ0) is 17.1. The molecule has 0 radical (unpaired) electrons. The number of nitrogens with one attached hydrogen (secondary N) is 1. The van der Waals surface area contributed by atoms with E-state index in [2.05, 4.69) is 14.9 Å². The van der Waals surface area contributed by atoms with Crippen molar-refractivity contribution in [2.45, 2.75) is 17.4 Å². The molecule has 1 N–H and O–H groups in total. The quantitative estimate of drug-likeness (QED) is 0.750. The Labute approximate surface area is 132 Å². The van der Waals surface area contributed by atoms with Crippen LogP contribution >= 0.6 is 0 Å². The molecule has 23 heavy (non-hydrogen) atoms. The fourth-order valence-corrected chi connectivity index (χ4v) is 3.29. The third-order valence-corrected chi connectivity index (χ3v) is 4.83. The molecule has 2 aromatic rings. The molecule has 1 aromatic heterocycles. The van der Waals surface area contributed by atoms with Gasteiger partial charge in [-0.05, 0) is 17.7 Å². The van der Waals surface area contributed by atoms with Gasteiger partial charge in [-0.1, -0.05) is 17.2 Å². The highest BCUT2D eigenvalue weighted by Crippen LogP contribution is 2.15. The highest BCUT2D eigenvalue weighted by molar-refractivity contribution is 7.90. The van der Waals surface area contributed by atoms with Gasteiger partial charge >= 0.3 is 5.22 Å². The first-order valence-corrected chi connectivity index (χ1v) is 9.94. The van der Waals surface area contributed by atoms with Gasteiger partial charge in [-0.15, -0.1) is 5.10 Å². The lowest BCUT2D eigenvalue weighted by atomic mass is 10.2. The molecule has 0 aliphatic rings. The average Bonchev–Trinajstić information content (AvgIpc) is 2.89. The monoisotopic (exact) mass is 363 g/mol. The lowest BCUT2D eigenvalue weighted by Crippen LogP contribution is -2.24. The molecule has 8 nitrogen and oxygen atoms in total. The summed E-state index contributed by atoms with van der Waals surface area (Å²) in [5.41, 5.74) is 0.380. The summed E-state index contributed by atoms with van der Waals surface area (Å²) in [4.78, 5) is 0. The number of sulfonamides is 1. The Morgan fingerprint density at radius 1 is 1.13 bits per heavy atom. The SMILES string of the molecule is CS(=O)(=O)NCCc1nnc(S(=O)(=O)Cc2ccc(F)cc2)o1. The summed E-state index contributed by atoms with van der Waals surface area (Å²) in [6.45, 7) is 0.0124. The van der Waals surface area contributed by atoms with Crippen LogP contribution in [-0.2, 0) is 32.0 Å². The van der Waals surface area contributed by atoms with Crippen molar-refractivity contribution in [1.29, 1.82) is 0 Å². The molecule has 0 fully saturated rings. The number of rotatable bonds is 7. The van der Waals surface area contributed by atoms with Gasteiger partial charge in [0.05, 0.1) is 12.0 Å². The minimum atomic E-state index is -3.86. The first kappa shape index (κ1) is 17.5. The van der Waals surface area contributed by atoms with Gasteiger partial charge in [0, 0.05) is 13.0 Å². The summed E-state index contributed by atoms with van der Waals surface area (Å²) in [5, 5.41) is 6.47. The van der Waals surface area contributed by atoms with E-state index in [0.717, 1.165) is 18.4 Å². The van der Waals surface area contributed by atoms with Gasteiger partial charge in [0.1, 0.15) is 5.82 Å². The number of halogens is 1. The van der Waals surface area contributed by atoms with E-state index >= 15 is 0 Å². The summed E-state index contributed by atoms with van der Waals surface area (Å²) < 4.78 is 66.2. The van der Waals surface area contributed by atoms with Crippen LogP contribution in [0.3, 0.4) is 0 Å². The third kappa shape index (κ3) is 5.37. The summed E-state index contributed by atoms with van der Waals surface area (Å²) in [5.74, 6) is -0.875. The van der Waals surface area contributed by atoms with Gasteiger partial charge < -0.3 is 4.42 Å². The number of sulfone groups is 1. The number of benzene rings is 1. The maximum absolute atomic E-state index is 12.8. The van der Waals surface area contributed by atoms with Gasteiger partial charge in [0.2, 0.25) is 25.8 Å². The molecule has 2 rings (SSSR count). The molecule has 0 aliphatic carbocycles. The zero-order valence-corrected chi connectivity index (χ0v) is 13.7. The molecule has 0 saturated carbocycles. The standard InChI is InChI=1S/C12H14FN3O5S2/c1-22(17,18)14-7-6-11-15-16-12(21-11)23(19,20)8-9-2-4-10(13)5-3-9/h2-5,14H,6-8H2,1H3. The van der Waals surface area contributed by atoms with Gasteiger partial charge in [0.25, 0.3) is 0 Å². The largest absolute Gasteiger partial charge is 0.412 e. The molecular weight excluding hydrogens is 349 g/mol. The zero-order valence-electron chi connectivity index (χ0n) is 12.1. The minimum absolute atomic E-state index is 0.00108. The van der Waals surface area contributed by atoms with E-state index in [-0.39, 0.29) is 18.9 Å². The van der Waals surface area contributed by atoms with Crippen molar-refractivity contribution < 1.29 is 25.6 Å². The lowest BCUT2D eigenvalue weighted by Gasteiger charge is -2.00. The van der Waals surface area contributed by atoms with E-state index in [9.17, 15) is 21.2 Å². The highest BCUT2D eigenvalue weighted by atomic mass is 32.2. The van der Waals surface area contributed by atoms with Crippen molar-refractivity contribution in [1.82, 2.24) is 14.9 Å². The first-order valence-electron chi connectivity index (χ1n) is 6.40. The van der Waals surface area contributed by atoms with Crippen LogP contribution in [0.25, 0.3) is 0 Å². The van der Waals surface area contributed by atoms with Gasteiger partial charge in [-0.25, -0.2) is 25.9 Å². The minimum Gasteiger partial charge on any atom is -0.412 e. The van der Waals surface area contributed by atoms with Crippen molar-refractivity contribution >= 4 is 19.9 Å². The Hall–Kier alpha value is -1.85. The van der Waals surface area contributed by atoms with Crippen LogP contribution in [0.15, 0.2) is 33.9 Å². The lowest BCUT2D eigenvalue weighted by molar-refractivity contribution is 0.396. The second-order valence-corrected chi connectivity index (χ2v) is 8.46. The van der Waals surface area contributed by atoms with Crippen LogP contribution in [0, 0.1) is 5.82 Å². The summed E-state index contributed by atoms with van der Waals surface area (Å²) in [6.07, 6.45) is 1.06. The van der Waals surface area contributed by atoms with Crippen molar-refractivity contribution in [2.75, 3.05) is 12.8 Å². The third-order valence-electron chi connectivity index (χ3n) is 2.69. The smallest absolute Gasteiger partial charge is 0.335 e. The summed E-state index contributed by atoms with van der Waals surface area (Å²) in [6, 6.07) is 5.00. The summed E-state index contributed by atoms with van der Waals surface area (Å²) >= 11 is 0. The number of nitrogens with zero attached hydrogens (tertiary/aromatic N) is 2. The van der Waals surface area contributed by atoms with Crippen molar-refractivity contribution in [3.05, 3.63) is 41.5 Å². The molecule has 0 spiro atoms. The Balaban J connectivity index is 2.04. The number of hydrogen-bond donors (Lipinski definition) is 1. The van der Waals surface area contributed by atoms with Gasteiger partial charge in [0.15, 0.2) is 0 Å². The second-order valence-electron chi connectivity index (χ2n) is 4.76. The van der Waals surface area contributed by atoms with Crippen molar-refractivity contribution in [3.63, 3.8) is 0 Å². The van der Waals surface area contributed by atoms with Crippen LogP contribution in [0.1, 0.15) is 11.5 Å². The van der Waals surface area contributed by atoms with E-state index in [4.69, 9.17) is 4.42 Å². The Kier molecular flexibility index (Phi) is 5.12. The Morgan fingerprint density at radius 2 is 1.78 bits per heavy atom. The Morgan fingerprint density at radius 3 is 2.39 bits per heavy atom. The van der Waals surface area contributed by atoms with E-state index in [1.54, 1.807) is 0 Å². The molecule has 0 amide bonds. The molecule has 0 unspecified atom stereocenters. The topological polar surface area (TPSA) is 119 Å². The molecule has 0 saturated heterocycles. The molecule has 1 aromatic carbocycles. The van der Waals surface area contributed by atoms with Gasteiger partial charge in [-0.2, -0.15) is 0 Å². The van der Waals surface area contributed by atoms with E-state index in [0.29, 0.717) is 5.56 Å². The molecular formula is C12H14FN3O5S2. The van der Waals surface area contributed by atoms with Crippen LogP contribution < -0.4 is 4.72 Å². The fraction of sp³-hybridized carbons (Fsp3) is 0.333.